The first-order valence-corrected chi connectivity index (χ1v) is 5.69. The SMILES string of the molecule is CCC1OCC2CCCC2NC1C. The Morgan fingerprint density at radius 2 is 2.23 bits per heavy atom. The van der Waals surface area contributed by atoms with Crippen molar-refractivity contribution >= 4 is 0 Å². The maximum absolute atomic E-state index is 5.92. The molecule has 0 amide bonds. The van der Waals surface area contributed by atoms with Crippen molar-refractivity contribution in [1.82, 2.24) is 5.32 Å². The number of hydrogen-bond acceptors (Lipinski definition) is 2. The summed E-state index contributed by atoms with van der Waals surface area (Å²) < 4.78 is 5.92. The second-order valence-electron chi connectivity index (χ2n) is 4.53. The molecule has 0 radical (unpaired) electrons. The molecule has 0 spiro atoms. The second-order valence-corrected chi connectivity index (χ2v) is 4.53. The number of nitrogens with one attached hydrogen (secondary N) is 1. The number of ether oxygens (including phenoxy) is 1. The van der Waals surface area contributed by atoms with Gasteiger partial charge in [0.05, 0.1) is 12.7 Å². The maximum Gasteiger partial charge on any atom is 0.0722 e. The average molecular weight is 183 g/mol. The van der Waals surface area contributed by atoms with Crippen LogP contribution in [0.15, 0.2) is 0 Å². The minimum Gasteiger partial charge on any atom is -0.376 e. The van der Waals surface area contributed by atoms with Crippen molar-refractivity contribution in [2.45, 2.75) is 57.7 Å². The zero-order chi connectivity index (χ0) is 9.26. The van der Waals surface area contributed by atoms with Crippen molar-refractivity contribution in [2.75, 3.05) is 6.61 Å². The average Bonchev–Trinajstić information content (AvgIpc) is 2.48. The first-order chi connectivity index (χ1) is 6.31. The molecule has 76 valence electrons. The van der Waals surface area contributed by atoms with E-state index in [1.165, 1.54) is 19.3 Å². The van der Waals surface area contributed by atoms with Gasteiger partial charge in [0.25, 0.3) is 0 Å². The molecule has 0 aromatic carbocycles. The van der Waals surface area contributed by atoms with Crippen molar-refractivity contribution < 1.29 is 4.74 Å². The lowest BCUT2D eigenvalue weighted by atomic mass is 10.0. The lowest BCUT2D eigenvalue weighted by Gasteiger charge is -2.22. The van der Waals surface area contributed by atoms with E-state index in [1.807, 2.05) is 0 Å². The molecular weight excluding hydrogens is 162 g/mol. The lowest BCUT2D eigenvalue weighted by molar-refractivity contribution is 0.0295. The summed E-state index contributed by atoms with van der Waals surface area (Å²) in [5.41, 5.74) is 0. The van der Waals surface area contributed by atoms with Crippen LogP contribution < -0.4 is 5.32 Å². The van der Waals surface area contributed by atoms with Gasteiger partial charge in [-0.05, 0) is 32.1 Å². The van der Waals surface area contributed by atoms with E-state index in [0.29, 0.717) is 12.1 Å². The van der Waals surface area contributed by atoms with Crippen molar-refractivity contribution in [2.24, 2.45) is 5.92 Å². The summed E-state index contributed by atoms with van der Waals surface area (Å²) in [5, 5.41) is 3.72. The molecule has 1 aliphatic carbocycles. The number of hydrogen-bond donors (Lipinski definition) is 1. The van der Waals surface area contributed by atoms with Crippen LogP contribution in [0.25, 0.3) is 0 Å². The standard InChI is InChI=1S/C11H21NO/c1-3-11-8(2)12-10-6-4-5-9(10)7-13-11/h8-12H,3-7H2,1-2H3. The molecule has 1 aliphatic heterocycles. The van der Waals surface area contributed by atoms with Gasteiger partial charge in [-0.1, -0.05) is 13.3 Å². The van der Waals surface area contributed by atoms with Crippen LogP contribution in [0.4, 0.5) is 0 Å². The predicted molar refractivity (Wildman–Crippen MR) is 53.8 cm³/mol. The summed E-state index contributed by atoms with van der Waals surface area (Å²) in [4.78, 5) is 0. The highest BCUT2D eigenvalue weighted by atomic mass is 16.5. The molecule has 1 saturated heterocycles. The third-order valence-corrected chi connectivity index (χ3v) is 3.62. The Bertz CT molecular complexity index is 169. The highest BCUT2D eigenvalue weighted by molar-refractivity contribution is 4.89. The smallest absolute Gasteiger partial charge is 0.0722 e. The number of rotatable bonds is 1. The zero-order valence-electron chi connectivity index (χ0n) is 8.75. The van der Waals surface area contributed by atoms with Gasteiger partial charge < -0.3 is 10.1 Å². The van der Waals surface area contributed by atoms with Crippen molar-refractivity contribution in [3.8, 4) is 0 Å². The summed E-state index contributed by atoms with van der Waals surface area (Å²) >= 11 is 0. The van der Waals surface area contributed by atoms with E-state index in [1.54, 1.807) is 0 Å². The van der Waals surface area contributed by atoms with E-state index in [-0.39, 0.29) is 0 Å². The van der Waals surface area contributed by atoms with Crippen LogP contribution >= 0.6 is 0 Å². The fraction of sp³-hybridized carbons (Fsp3) is 1.00. The first-order valence-electron chi connectivity index (χ1n) is 5.69. The molecular formula is C11H21NO. The Morgan fingerprint density at radius 3 is 3.00 bits per heavy atom. The minimum absolute atomic E-state index is 0.436. The van der Waals surface area contributed by atoms with Gasteiger partial charge in [-0.3, -0.25) is 0 Å². The summed E-state index contributed by atoms with van der Waals surface area (Å²) in [6, 6.07) is 1.28. The van der Waals surface area contributed by atoms with E-state index in [9.17, 15) is 0 Å². The summed E-state index contributed by atoms with van der Waals surface area (Å²) in [6.45, 7) is 5.46. The molecule has 1 saturated carbocycles. The Morgan fingerprint density at radius 1 is 1.38 bits per heavy atom. The third-order valence-electron chi connectivity index (χ3n) is 3.62. The van der Waals surface area contributed by atoms with Crippen molar-refractivity contribution in [3.63, 3.8) is 0 Å². The molecule has 1 heterocycles. The fourth-order valence-corrected chi connectivity index (χ4v) is 2.76. The summed E-state index contributed by atoms with van der Waals surface area (Å²) in [6.07, 6.45) is 5.67. The molecule has 2 fully saturated rings. The van der Waals surface area contributed by atoms with E-state index < -0.39 is 0 Å². The summed E-state index contributed by atoms with van der Waals surface area (Å²) in [5.74, 6) is 0.791. The van der Waals surface area contributed by atoms with Gasteiger partial charge >= 0.3 is 0 Å². The first kappa shape index (κ1) is 9.47. The largest absolute Gasteiger partial charge is 0.376 e. The van der Waals surface area contributed by atoms with E-state index >= 15 is 0 Å². The van der Waals surface area contributed by atoms with Crippen molar-refractivity contribution in [1.29, 1.82) is 0 Å². The van der Waals surface area contributed by atoms with E-state index in [4.69, 9.17) is 4.74 Å². The molecule has 13 heavy (non-hydrogen) atoms. The third kappa shape index (κ3) is 1.89. The molecule has 2 rings (SSSR count). The van der Waals surface area contributed by atoms with Gasteiger partial charge in [-0.2, -0.15) is 0 Å². The molecule has 0 bridgehead atoms. The van der Waals surface area contributed by atoms with Gasteiger partial charge in [0.15, 0.2) is 0 Å². The van der Waals surface area contributed by atoms with Crippen LogP contribution in [0, 0.1) is 5.92 Å². The van der Waals surface area contributed by atoms with Crippen LogP contribution in [0.1, 0.15) is 39.5 Å². The molecule has 1 N–H and O–H groups in total. The zero-order valence-corrected chi connectivity index (χ0v) is 8.75. The maximum atomic E-state index is 5.92. The van der Waals surface area contributed by atoms with Crippen LogP contribution in [-0.4, -0.2) is 24.8 Å². The van der Waals surface area contributed by atoms with Crippen LogP contribution in [0.5, 0.6) is 0 Å². The summed E-state index contributed by atoms with van der Waals surface area (Å²) in [7, 11) is 0. The minimum atomic E-state index is 0.436. The molecule has 4 atom stereocenters. The van der Waals surface area contributed by atoms with Gasteiger partial charge in [-0.15, -0.1) is 0 Å². The Labute approximate surface area is 81.0 Å². The van der Waals surface area contributed by atoms with Gasteiger partial charge in [-0.25, -0.2) is 0 Å². The monoisotopic (exact) mass is 183 g/mol. The lowest BCUT2D eigenvalue weighted by Crippen LogP contribution is -2.42. The highest BCUT2D eigenvalue weighted by Gasteiger charge is 2.33. The van der Waals surface area contributed by atoms with Crippen LogP contribution in [0.2, 0.25) is 0 Å². The highest BCUT2D eigenvalue weighted by Crippen LogP contribution is 2.29. The van der Waals surface area contributed by atoms with Gasteiger partial charge in [0.1, 0.15) is 0 Å². The molecule has 4 unspecified atom stereocenters. The van der Waals surface area contributed by atoms with Gasteiger partial charge in [0.2, 0.25) is 0 Å². The molecule has 2 heteroatoms. The van der Waals surface area contributed by atoms with E-state index in [2.05, 4.69) is 19.2 Å². The molecule has 0 aromatic heterocycles. The molecule has 2 nitrogen and oxygen atoms in total. The fourth-order valence-electron chi connectivity index (χ4n) is 2.76. The molecule has 2 aliphatic rings. The number of fused-ring (bicyclic) bond motifs is 1. The van der Waals surface area contributed by atoms with Crippen LogP contribution in [-0.2, 0) is 4.74 Å². The topological polar surface area (TPSA) is 21.3 Å². The van der Waals surface area contributed by atoms with Crippen molar-refractivity contribution in [3.05, 3.63) is 0 Å². The predicted octanol–water partition coefficient (Wildman–Crippen LogP) is 1.94. The Balaban J connectivity index is 1.99. The normalized spacial score (nSPS) is 45.7. The second kappa shape index (κ2) is 3.97. The Hall–Kier alpha value is -0.0800. The van der Waals surface area contributed by atoms with E-state index in [0.717, 1.165) is 25.0 Å². The van der Waals surface area contributed by atoms with Crippen LogP contribution in [0.3, 0.4) is 0 Å². The van der Waals surface area contributed by atoms with Gasteiger partial charge in [0, 0.05) is 12.1 Å². The molecule has 0 aromatic rings. The quantitative estimate of drug-likeness (QED) is 0.671. The Kier molecular flexibility index (Phi) is 2.89.